The molecule has 0 bridgehead atoms. The number of carboxylic acids is 1. The molecule has 32 heavy (non-hydrogen) atoms. The highest BCUT2D eigenvalue weighted by molar-refractivity contribution is 5.79. The van der Waals surface area contributed by atoms with Gasteiger partial charge in [-0.3, -0.25) is 9.59 Å². The summed E-state index contributed by atoms with van der Waals surface area (Å²) in [6.45, 7) is 4.14. The number of alkyl carbamates (subject to hydrolysis) is 1. The topological polar surface area (TPSA) is 105 Å². The first-order valence-electron chi connectivity index (χ1n) is 11.0. The number of carbonyl (C=O) groups excluding carboxylic acids is 2. The van der Waals surface area contributed by atoms with Gasteiger partial charge in [0.05, 0.1) is 0 Å². The number of fused-ring (bicyclic) bond motifs is 3. The van der Waals surface area contributed by atoms with Crippen LogP contribution >= 0.6 is 0 Å². The Kier molecular flexibility index (Phi) is 7.87. The van der Waals surface area contributed by atoms with Crippen LogP contribution in [-0.4, -0.2) is 42.3 Å². The third-order valence-electron chi connectivity index (χ3n) is 5.83. The van der Waals surface area contributed by atoms with Crippen LogP contribution in [0.25, 0.3) is 11.1 Å². The second-order valence-corrected chi connectivity index (χ2v) is 8.25. The molecule has 3 rings (SSSR count). The minimum absolute atomic E-state index is 0.0182. The molecule has 0 heterocycles. The van der Waals surface area contributed by atoms with Crippen molar-refractivity contribution in [1.29, 1.82) is 0 Å². The first-order valence-corrected chi connectivity index (χ1v) is 11.0. The van der Waals surface area contributed by atoms with Gasteiger partial charge in [-0.1, -0.05) is 61.9 Å². The smallest absolute Gasteiger partial charge is 0.407 e. The molecule has 170 valence electrons. The van der Waals surface area contributed by atoms with Crippen molar-refractivity contribution in [2.45, 2.75) is 45.1 Å². The molecule has 2 aromatic rings. The van der Waals surface area contributed by atoms with Gasteiger partial charge < -0.3 is 20.5 Å². The maximum absolute atomic E-state index is 12.3. The number of hydrogen-bond donors (Lipinski definition) is 3. The van der Waals surface area contributed by atoms with Crippen molar-refractivity contribution >= 4 is 18.0 Å². The van der Waals surface area contributed by atoms with Crippen molar-refractivity contribution in [3.05, 3.63) is 59.7 Å². The Morgan fingerprint density at radius 3 is 2.16 bits per heavy atom. The highest BCUT2D eigenvalue weighted by Gasteiger charge is 2.29. The predicted molar refractivity (Wildman–Crippen MR) is 121 cm³/mol. The van der Waals surface area contributed by atoms with Crippen LogP contribution in [0.15, 0.2) is 48.5 Å². The van der Waals surface area contributed by atoms with Crippen LogP contribution in [0.3, 0.4) is 0 Å². The zero-order chi connectivity index (χ0) is 23.1. The molecular weight excluding hydrogens is 408 g/mol. The lowest BCUT2D eigenvalue weighted by molar-refractivity contribution is -0.138. The summed E-state index contributed by atoms with van der Waals surface area (Å²) in [6, 6.07) is 15.8. The Morgan fingerprint density at radius 2 is 1.59 bits per heavy atom. The van der Waals surface area contributed by atoms with Gasteiger partial charge in [0.25, 0.3) is 0 Å². The Labute approximate surface area is 188 Å². The number of carboxylic acid groups (broad SMARTS) is 1. The van der Waals surface area contributed by atoms with Crippen LogP contribution in [0.1, 0.15) is 50.2 Å². The molecular formula is C25H30N2O5. The Hall–Kier alpha value is -3.35. The van der Waals surface area contributed by atoms with Crippen LogP contribution in [-0.2, 0) is 14.3 Å². The van der Waals surface area contributed by atoms with E-state index in [1.54, 1.807) is 6.92 Å². The van der Waals surface area contributed by atoms with Gasteiger partial charge in [0.15, 0.2) is 0 Å². The molecule has 1 aliphatic rings. The maximum atomic E-state index is 12.3. The third kappa shape index (κ3) is 5.87. The van der Waals surface area contributed by atoms with Gasteiger partial charge in [0.1, 0.15) is 6.61 Å². The molecule has 0 radical (unpaired) electrons. The van der Waals surface area contributed by atoms with Gasteiger partial charge >= 0.3 is 12.1 Å². The van der Waals surface area contributed by atoms with Gasteiger partial charge in [0.2, 0.25) is 5.91 Å². The quantitative estimate of drug-likeness (QED) is 0.521. The standard InChI is InChI=1S/C25H30N2O5/c1-3-17(13-24(29)30)14-26-23(28)12-16(2)27-25(31)32-15-22-20-10-6-4-8-18(20)19-9-5-7-11-21(19)22/h4-11,16-17,22H,3,12-15H2,1-2H3,(H,26,28)(H,27,31)(H,29,30). The van der Waals surface area contributed by atoms with Crippen molar-refractivity contribution in [2.75, 3.05) is 13.2 Å². The summed E-state index contributed by atoms with van der Waals surface area (Å²) >= 11 is 0. The van der Waals surface area contributed by atoms with E-state index in [9.17, 15) is 14.4 Å². The molecule has 2 amide bonds. The van der Waals surface area contributed by atoms with E-state index in [1.807, 2.05) is 31.2 Å². The fourth-order valence-electron chi connectivity index (χ4n) is 4.11. The molecule has 2 aromatic carbocycles. The van der Waals surface area contributed by atoms with Crippen molar-refractivity contribution < 1.29 is 24.2 Å². The number of hydrogen-bond acceptors (Lipinski definition) is 4. The average Bonchev–Trinajstić information content (AvgIpc) is 3.08. The molecule has 7 heteroatoms. The summed E-state index contributed by atoms with van der Waals surface area (Å²) in [7, 11) is 0. The van der Waals surface area contributed by atoms with Crippen molar-refractivity contribution in [2.24, 2.45) is 5.92 Å². The van der Waals surface area contributed by atoms with Crippen LogP contribution in [0.5, 0.6) is 0 Å². The van der Waals surface area contributed by atoms with E-state index in [4.69, 9.17) is 9.84 Å². The Morgan fingerprint density at radius 1 is 1.00 bits per heavy atom. The number of rotatable bonds is 10. The second-order valence-electron chi connectivity index (χ2n) is 8.25. The molecule has 0 fully saturated rings. The van der Waals surface area contributed by atoms with Gasteiger partial charge in [-0.2, -0.15) is 0 Å². The Bertz CT molecular complexity index is 929. The molecule has 7 nitrogen and oxygen atoms in total. The predicted octanol–water partition coefficient (Wildman–Crippen LogP) is 3.92. The van der Waals surface area contributed by atoms with Crippen molar-refractivity contribution in [1.82, 2.24) is 10.6 Å². The van der Waals surface area contributed by atoms with Gasteiger partial charge in [-0.05, 0) is 35.1 Å². The van der Waals surface area contributed by atoms with E-state index in [2.05, 4.69) is 34.9 Å². The Balaban J connectivity index is 1.47. The van der Waals surface area contributed by atoms with Crippen LogP contribution < -0.4 is 10.6 Å². The molecule has 2 unspecified atom stereocenters. The summed E-state index contributed by atoms with van der Waals surface area (Å²) in [5.74, 6) is -1.24. The number of amides is 2. The number of carbonyl (C=O) groups is 3. The fourth-order valence-corrected chi connectivity index (χ4v) is 4.11. The zero-order valence-electron chi connectivity index (χ0n) is 18.5. The summed E-state index contributed by atoms with van der Waals surface area (Å²) in [5, 5.41) is 14.3. The van der Waals surface area contributed by atoms with E-state index in [0.29, 0.717) is 13.0 Å². The van der Waals surface area contributed by atoms with Crippen LogP contribution in [0, 0.1) is 5.92 Å². The van der Waals surface area contributed by atoms with Gasteiger partial charge in [-0.15, -0.1) is 0 Å². The summed E-state index contributed by atoms with van der Waals surface area (Å²) < 4.78 is 5.50. The molecule has 1 aliphatic carbocycles. The average molecular weight is 439 g/mol. The van der Waals surface area contributed by atoms with Crippen LogP contribution in [0.4, 0.5) is 4.79 Å². The lowest BCUT2D eigenvalue weighted by Crippen LogP contribution is -2.39. The third-order valence-corrected chi connectivity index (χ3v) is 5.83. The second kappa shape index (κ2) is 10.8. The lowest BCUT2D eigenvalue weighted by atomic mass is 9.98. The zero-order valence-corrected chi connectivity index (χ0v) is 18.5. The largest absolute Gasteiger partial charge is 0.481 e. The van der Waals surface area contributed by atoms with Gasteiger partial charge in [0, 0.05) is 31.3 Å². The highest BCUT2D eigenvalue weighted by Crippen LogP contribution is 2.44. The first kappa shape index (κ1) is 23.3. The van der Waals surface area contributed by atoms with E-state index >= 15 is 0 Å². The van der Waals surface area contributed by atoms with E-state index in [-0.39, 0.29) is 37.2 Å². The summed E-state index contributed by atoms with van der Waals surface area (Å²) in [6.07, 6.45) is 0.211. The number of benzene rings is 2. The molecule has 0 aliphatic heterocycles. The maximum Gasteiger partial charge on any atom is 0.407 e. The first-order chi connectivity index (χ1) is 15.4. The van der Waals surface area contributed by atoms with Crippen LogP contribution in [0.2, 0.25) is 0 Å². The lowest BCUT2D eigenvalue weighted by Gasteiger charge is -2.18. The van der Waals surface area contributed by atoms with E-state index < -0.39 is 18.1 Å². The number of aliphatic carboxylic acids is 1. The molecule has 0 saturated carbocycles. The molecule has 2 atom stereocenters. The van der Waals surface area contributed by atoms with E-state index in [1.165, 1.54) is 0 Å². The molecule has 3 N–H and O–H groups in total. The van der Waals surface area contributed by atoms with Crippen molar-refractivity contribution in [3.63, 3.8) is 0 Å². The summed E-state index contributed by atoms with van der Waals surface area (Å²) in [5.41, 5.74) is 4.60. The summed E-state index contributed by atoms with van der Waals surface area (Å²) in [4.78, 5) is 35.3. The van der Waals surface area contributed by atoms with Gasteiger partial charge in [-0.25, -0.2) is 4.79 Å². The number of ether oxygens (including phenoxy) is 1. The molecule has 0 saturated heterocycles. The SMILES string of the molecule is CCC(CNC(=O)CC(C)NC(=O)OCC1c2ccccc2-c2ccccc21)CC(=O)O. The van der Waals surface area contributed by atoms with Crippen molar-refractivity contribution in [3.8, 4) is 11.1 Å². The molecule has 0 spiro atoms. The number of nitrogens with one attached hydrogen (secondary N) is 2. The monoisotopic (exact) mass is 438 g/mol. The minimum atomic E-state index is -0.878. The molecule has 0 aromatic heterocycles. The normalized spacial score (nSPS) is 14.1. The van der Waals surface area contributed by atoms with E-state index in [0.717, 1.165) is 22.3 Å². The highest BCUT2D eigenvalue weighted by atomic mass is 16.5. The fraction of sp³-hybridized carbons (Fsp3) is 0.400. The minimum Gasteiger partial charge on any atom is -0.481 e.